The number of rotatable bonds is 2. The topological polar surface area (TPSA) is 30.4 Å². The van der Waals surface area contributed by atoms with Crippen molar-refractivity contribution in [3.63, 3.8) is 0 Å². The summed E-state index contributed by atoms with van der Waals surface area (Å²) >= 11 is 0. The number of nitrogens with two attached hydrogens (primary N) is 1. The van der Waals surface area contributed by atoms with Crippen molar-refractivity contribution in [2.24, 2.45) is 5.73 Å². The summed E-state index contributed by atoms with van der Waals surface area (Å²) in [5.74, 6) is 0. The molecule has 70 valence electrons. The number of fused-ring (bicyclic) bond motifs is 1. The van der Waals surface area contributed by atoms with Crippen molar-refractivity contribution < 1.29 is 0 Å². The lowest BCUT2D eigenvalue weighted by atomic mass is 10.2. The van der Waals surface area contributed by atoms with E-state index in [9.17, 15) is 0 Å². The second kappa shape index (κ2) is 4.30. The lowest BCUT2D eigenvalue weighted by Gasteiger charge is -1.89. The number of nitrogens with zero attached hydrogens (tertiary/aromatic N) is 1. The maximum atomic E-state index is 5.47. The largest absolute Gasteiger partial charge is 0.330 e. The number of pyridine rings is 1. The highest BCUT2D eigenvalue weighted by Crippen LogP contribution is 2.09. The summed E-state index contributed by atoms with van der Waals surface area (Å²) in [6, 6.07) is 8.34. The molecule has 0 saturated heterocycles. The van der Waals surface area contributed by atoms with E-state index in [1.54, 1.807) is 0 Å². The Kier molecular flexibility index (Phi) is 3.34. The van der Waals surface area contributed by atoms with E-state index in [2.05, 4.69) is 28.9 Å². The van der Waals surface area contributed by atoms with Crippen molar-refractivity contribution in [1.29, 1.82) is 0 Å². The molecular weight excluding hydrogens is 184 g/mol. The van der Waals surface area contributed by atoms with Gasteiger partial charge in [-0.3, -0.25) is 0 Å². The van der Waals surface area contributed by atoms with Gasteiger partial charge in [-0.1, -0.05) is 6.07 Å². The summed E-state index contributed by atoms with van der Waals surface area (Å²) in [4.78, 5) is 0. The molecule has 0 atom stereocenters. The standard InChI is InChI=1S/C10H12N2.ClH/c11-5-4-9-7-10-3-1-2-6-12(10)8-9;/h1-3,6-8H,4-5,11H2;1H. The smallest absolute Gasteiger partial charge is 0.0452 e. The van der Waals surface area contributed by atoms with Gasteiger partial charge in [-0.25, -0.2) is 0 Å². The van der Waals surface area contributed by atoms with E-state index in [1.807, 2.05) is 12.1 Å². The average molecular weight is 197 g/mol. The summed E-state index contributed by atoms with van der Waals surface area (Å²) in [6.45, 7) is 0.719. The predicted octanol–water partition coefficient (Wildman–Crippen LogP) is 1.86. The molecule has 2 heterocycles. The van der Waals surface area contributed by atoms with Crippen LogP contribution in [-0.2, 0) is 6.42 Å². The van der Waals surface area contributed by atoms with Gasteiger partial charge in [0.2, 0.25) is 0 Å². The monoisotopic (exact) mass is 196 g/mol. The number of halogens is 1. The highest BCUT2D eigenvalue weighted by atomic mass is 35.5. The first-order valence-electron chi connectivity index (χ1n) is 4.16. The first-order chi connectivity index (χ1) is 5.90. The molecule has 2 aromatic heterocycles. The van der Waals surface area contributed by atoms with E-state index in [1.165, 1.54) is 11.1 Å². The van der Waals surface area contributed by atoms with E-state index in [-0.39, 0.29) is 12.4 Å². The van der Waals surface area contributed by atoms with Crippen LogP contribution in [0.4, 0.5) is 0 Å². The van der Waals surface area contributed by atoms with Gasteiger partial charge in [-0.2, -0.15) is 0 Å². The van der Waals surface area contributed by atoms with Crippen molar-refractivity contribution in [3.8, 4) is 0 Å². The van der Waals surface area contributed by atoms with E-state index in [0.29, 0.717) is 0 Å². The first-order valence-corrected chi connectivity index (χ1v) is 4.16. The van der Waals surface area contributed by atoms with Crippen LogP contribution in [0.3, 0.4) is 0 Å². The molecule has 0 saturated carbocycles. The van der Waals surface area contributed by atoms with Gasteiger partial charge >= 0.3 is 0 Å². The number of hydrogen-bond acceptors (Lipinski definition) is 1. The molecule has 0 fully saturated rings. The van der Waals surface area contributed by atoms with E-state index >= 15 is 0 Å². The Morgan fingerprint density at radius 3 is 2.85 bits per heavy atom. The normalized spacial score (nSPS) is 9.92. The van der Waals surface area contributed by atoms with Crippen molar-refractivity contribution >= 4 is 17.9 Å². The highest BCUT2D eigenvalue weighted by Gasteiger charge is 1.95. The fourth-order valence-corrected chi connectivity index (χ4v) is 1.42. The van der Waals surface area contributed by atoms with Crippen LogP contribution in [0.25, 0.3) is 5.52 Å². The molecule has 0 unspecified atom stereocenters. The zero-order valence-electron chi connectivity index (χ0n) is 7.31. The fourth-order valence-electron chi connectivity index (χ4n) is 1.42. The minimum Gasteiger partial charge on any atom is -0.330 e. The zero-order valence-corrected chi connectivity index (χ0v) is 8.13. The summed E-state index contributed by atoms with van der Waals surface area (Å²) in [5, 5.41) is 0. The van der Waals surface area contributed by atoms with Crippen LogP contribution >= 0.6 is 12.4 Å². The third-order valence-corrected chi connectivity index (χ3v) is 1.99. The Morgan fingerprint density at radius 2 is 2.15 bits per heavy atom. The van der Waals surface area contributed by atoms with Gasteiger partial charge in [0.1, 0.15) is 0 Å². The van der Waals surface area contributed by atoms with Gasteiger partial charge in [0.05, 0.1) is 0 Å². The van der Waals surface area contributed by atoms with Crippen molar-refractivity contribution in [1.82, 2.24) is 4.40 Å². The maximum absolute atomic E-state index is 5.47. The molecule has 0 aliphatic rings. The molecular formula is C10H13ClN2. The predicted molar refractivity (Wildman–Crippen MR) is 57.4 cm³/mol. The van der Waals surface area contributed by atoms with Gasteiger partial charge in [0, 0.05) is 17.9 Å². The van der Waals surface area contributed by atoms with Crippen molar-refractivity contribution in [2.75, 3.05) is 6.54 Å². The third kappa shape index (κ3) is 2.02. The summed E-state index contributed by atoms with van der Waals surface area (Å²) in [5.41, 5.74) is 8.02. The second-order valence-electron chi connectivity index (χ2n) is 2.92. The van der Waals surface area contributed by atoms with Crippen LogP contribution in [0.1, 0.15) is 5.56 Å². The van der Waals surface area contributed by atoms with E-state index < -0.39 is 0 Å². The molecule has 2 N–H and O–H groups in total. The Morgan fingerprint density at radius 1 is 1.31 bits per heavy atom. The van der Waals surface area contributed by atoms with Crippen LogP contribution in [0.5, 0.6) is 0 Å². The van der Waals surface area contributed by atoms with Crippen molar-refractivity contribution in [3.05, 3.63) is 42.2 Å². The van der Waals surface area contributed by atoms with Crippen LogP contribution in [0.15, 0.2) is 36.7 Å². The molecule has 2 rings (SSSR count). The molecule has 0 aliphatic heterocycles. The molecule has 0 spiro atoms. The molecule has 13 heavy (non-hydrogen) atoms. The molecule has 2 nitrogen and oxygen atoms in total. The molecule has 0 aliphatic carbocycles. The molecule has 2 aromatic rings. The number of aromatic nitrogens is 1. The Bertz CT molecular complexity index is 348. The van der Waals surface area contributed by atoms with Gasteiger partial charge in [0.15, 0.2) is 0 Å². The van der Waals surface area contributed by atoms with Crippen LogP contribution in [0.2, 0.25) is 0 Å². The quantitative estimate of drug-likeness (QED) is 0.781. The molecule has 0 amide bonds. The molecule has 0 aromatic carbocycles. The summed E-state index contributed by atoms with van der Waals surface area (Å²) in [6.07, 6.45) is 5.14. The van der Waals surface area contributed by atoms with Gasteiger partial charge in [-0.05, 0) is 36.7 Å². The summed E-state index contributed by atoms with van der Waals surface area (Å²) in [7, 11) is 0. The molecule has 0 radical (unpaired) electrons. The molecule has 3 heteroatoms. The summed E-state index contributed by atoms with van der Waals surface area (Å²) < 4.78 is 2.12. The SMILES string of the molecule is Cl.NCCc1cc2ccccn2c1. The fraction of sp³-hybridized carbons (Fsp3) is 0.200. The molecule has 0 bridgehead atoms. The van der Waals surface area contributed by atoms with Crippen LogP contribution < -0.4 is 5.73 Å². The number of hydrogen-bond donors (Lipinski definition) is 1. The van der Waals surface area contributed by atoms with Gasteiger partial charge < -0.3 is 10.1 Å². The van der Waals surface area contributed by atoms with Gasteiger partial charge in [0.25, 0.3) is 0 Å². The van der Waals surface area contributed by atoms with Crippen LogP contribution in [-0.4, -0.2) is 10.9 Å². The zero-order chi connectivity index (χ0) is 8.39. The van der Waals surface area contributed by atoms with Crippen molar-refractivity contribution in [2.45, 2.75) is 6.42 Å². The van der Waals surface area contributed by atoms with Crippen LogP contribution in [0, 0.1) is 0 Å². The lowest BCUT2D eigenvalue weighted by molar-refractivity contribution is 0.966. The minimum atomic E-state index is 0. The van der Waals surface area contributed by atoms with E-state index in [0.717, 1.165) is 13.0 Å². The Labute approximate surface area is 83.8 Å². The first kappa shape index (κ1) is 10.1. The maximum Gasteiger partial charge on any atom is 0.0452 e. The second-order valence-corrected chi connectivity index (χ2v) is 2.92. The minimum absolute atomic E-state index is 0. The third-order valence-electron chi connectivity index (χ3n) is 1.99. The Hall–Kier alpha value is -0.990. The Balaban J connectivity index is 0.000000845. The van der Waals surface area contributed by atoms with Gasteiger partial charge in [-0.15, -0.1) is 12.4 Å². The highest BCUT2D eigenvalue weighted by molar-refractivity contribution is 5.85. The lowest BCUT2D eigenvalue weighted by Crippen LogP contribution is -2.01. The van der Waals surface area contributed by atoms with E-state index in [4.69, 9.17) is 5.73 Å². The average Bonchev–Trinajstić information content (AvgIpc) is 2.47.